The third kappa shape index (κ3) is 3.18. The van der Waals surface area contributed by atoms with Crippen molar-refractivity contribution in [3.05, 3.63) is 82.9 Å². The Hall–Kier alpha value is -3.88. The summed E-state index contributed by atoms with van der Waals surface area (Å²) >= 11 is 0. The molecule has 0 saturated heterocycles. The Morgan fingerprint density at radius 1 is 1.04 bits per heavy atom. The van der Waals surface area contributed by atoms with Gasteiger partial charge in [-0.25, -0.2) is 9.67 Å². The van der Waals surface area contributed by atoms with Gasteiger partial charge in [-0.1, -0.05) is 30.3 Å². The monoisotopic (exact) mass is 347 g/mol. The summed E-state index contributed by atoms with van der Waals surface area (Å²) in [6.45, 7) is 0.398. The van der Waals surface area contributed by atoms with Crippen molar-refractivity contribution in [1.82, 2.24) is 29.8 Å². The second-order valence-corrected chi connectivity index (χ2v) is 5.53. The van der Waals surface area contributed by atoms with Gasteiger partial charge in [-0.05, 0) is 12.1 Å². The molecule has 0 aliphatic carbocycles. The van der Waals surface area contributed by atoms with Crippen LogP contribution in [0.2, 0.25) is 0 Å². The first-order valence-corrected chi connectivity index (χ1v) is 7.80. The molecule has 0 saturated carbocycles. The lowest BCUT2D eigenvalue weighted by molar-refractivity contribution is -0.384. The number of nitrogens with zero attached hydrogens (tertiary/aromatic N) is 7. The van der Waals surface area contributed by atoms with E-state index >= 15 is 0 Å². The van der Waals surface area contributed by atoms with E-state index in [0.29, 0.717) is 17.9 Å². The van der Waals surface area contributed by atoms with E-state index in [0.717, 1.165) is 11.4 Å². The minimum atomic E-state index is -0.442. The van der Waals surface area contributed by atoms with Crippen LogP contribution >= 0.6 is 0 Å². The lowest BCUT2D eigenvalue weighted by Gasteiger charge is -1.98. The SMILES string of the molecule is O=[N+]([O-])c1cccc(-c2ncn(Cc3cnn(-c4ccccc4)n3)n2)c1. The molecule has 0 fully saturated rings. The zero-order valence-electron chi connectivity index (χ0n) is 13.5. The van der Waals surface area contributed by atoms with Gasteiger partial charge in [-0.3, -0.25) is 10.1 Å². The molecule has 0 aliphatic heterocycles. The Morgan fingerprint density at radius 3 is 2.69 bits per heavy atom. The van der Waals surface area contributed by atoms with Gasteiger partial charge in [0.05, 0.1) is 23.4 Å². The molecule has 0 amide bonds. The van der Waals surface area contributed by atoms with Crippen LogP contribution in [-0.2, 0) is 6.54 Å². The van der Waals surface area contributed by atoms with Crippen LogP contribution in [0.4, 0.5) is 5.69 Å². The summed E-state index contributed by atoms with van der Waals surface area (Å²) in [6.07, 6.45) is 3.23. The average Bonchev–Trinajstić information content (AvgIpc) is 3.33. The molecule has 0 atom stereocenters. The summed E-state index contributed by atoms with van der Waals surface area (Å²) in [5, 5.41) is 23.9. The van der Waals surface area contributed by atoms with Crippen molar-refractivity contribution in [2.75, 3.05) is 0 Å². The molecule has 9 heteroatoms. The summed E-state index contributed by atoms with van der Waals surface area (Å²) in [4.78, 5) is 16.2. The highest BCUT2D eigenvalue weighted by atomic mass is 16.6. The molecule has 2 aromatic heterocycles. The van der Waals surface area contributed by atoms with Crippen LogP contribution in [0.25, 0.3) is 17.1 Å². The first kappa shape index (κ1) is 15.6. The van der Waals surface area contributed by atoms with Crippen LogP contribution in [0.1, 0.15) is 5.69 Å². The van der Waals surface area contributed by atoms with Crippen LogP contribution in [0.15, 0.2) is 67.1 Å². The molecular formula is C17H13N7O2. The maximum atomic E-state index is 10.9. The lowest BCUT2D eigenvalue weighted by atomic mass is 10.2. The minimum Gasteiger partial charge on any atom is -0.258 e. The number of benzene rings is 2. The molecule has 0 spiro atoms. The summed E-state index contributed by atoms with van der Waals surface area (Å²) in [7, 11) is 0. The van der Waals surface area contributed by atoms with Crippen molar-refractivity contribution in [3.8, 4) is 17.1 Å². The van der Waals surface area contributed by atoms with Gasteiger partial charge in [0.25, 0.3) is 5.69 Å². The van der Waals surface area contributed by atoms with Gasteiger partial charge >= 0.3 is 0 Å². The van der Waals surface area contributed by atoms with Crippen LogP contribution in [0, 0.1) is 10.1 Å². The predicted octanol–water partition coefficient (Wildman–Crippen LogP) is 2.48. The largest absolute Gasteiger partial charge is 0.270 e. The van der Waals surface area contributed by atoms with Gasteiger partial charge < -0.3 is 0 Å². The van der Waals surface area contributed by atoms with Crippen LogP contribution in [-0.4, -0.2) is 34.7 Å². The first-order valence-electron chi connectivity index (χ1n) is 7.80. The molecule has 26 heavy (non-hydrogen) atoms. The lowest BCUT2D eigenvalue weighted by Crippen LogP contribution is -2.03. The Morgan fingerprint density at radius 2 is 1.88 bits per heavy atom. The molecular weight excluding hydrogens is 334 g/mol. The highest BCUT2D eigenvalue weighted by molar-refractivity contribution is 5.58. The van der Waals surface area contributed by atoms with Gasteiger partial charge in [0.1, 0.15) is 12.0 Å². The van der Waals surface area contributed by atoms with E-state index in [1.165, 1.54) is 12.1 Å². The molecule has 0 unspecified atom stereocenters. The second-order valence-electron chi connectivity index (χ2n) is 5.53. The fourth-order valence-corrected chi connectivity index (χ4v) is 2.48. The number of nitro groups is 1. The first-order chi connectivity index (χ1) is 12.7. The molecule has 2 aromatic carbocycles. The standard InChI is InChI=1S/C17H13N7O2/c25-24(26)16-8-4-5-13(9-16)17-18-12-22(21-17)11-14-10-19-23(20-14)15-6-2-1-3-7-15/h1-10,12H,11H2. The van der Waals surface area contributed by atoms with E-state index in [-0.39, 0.29) is 5.69 Å². The minimum absolute atomic E-state index is 0.00431. The van der Waals surface area contributed by atoms with E-state index in [2.05, 4.69) is 20.3 Å². The summed E-state index contributed by atoms with van der Waals surface area (Å²) in [6, 6.07) is 15.8. The summed E-state index contributed by atoms with van der Waals surface area (Å²) in [5.74, 6) is 0.421. The Balaban J connectivity index is 1.53. The van der Waals surface area contributed by atoms with E-state index in [4.69, 9.17) is 0 Å². The van der Waals surface area contributed by atoms with Crippen molar-refractivity contribution in [2.45, 2.75) is 6.54 Å². The van der Waals surface area contributed by atoms with Crippen molar-refractivity contribution in [2.24, 2.45) is 0 Å². The van der Waals surface area contributed by atoms with Gasteiger partial charge in [0.15, 0.2) is 5.82 Å². The van der Waals surface area contributed by atoms with E-state index < -0.39 is 4.92 Å². The van der Waals surface area contributed by atoms with Crippen LogP contribution < -0.4 is 0 Å². The number of para-hydroxylation sites is 1. The van der Waals surface area contributed by atoms with E-state index in [9.17, 15) is 10.1 Å². The van der Waals surface area contributed by atoms with Gasteiger partial charge in [0, 0.05) is 17.7 Å². The molecule has 128 valence electrons. The maximum Gasteiger partial charge on any atom is 0.270 e. The summed E-state index contributed by atoms with van der Waals surface area (Å²) < 4.78 is 1.62. The van der Waals surface area contributed by atoms with Crippen molar-refractivity contribution < 1.29 is 4.92 Å². The Bertz CT molecular complexity index is 1060. The Labute approximate surface area is 147 Å². The van der Waals surface area contributed by atoms with Crippen molar-refractivity contribution in [3.63, 3.8) is 0 Å². The van der Waals surface area contributed by atoms with E-state index in [1.807, 2.05) is 30.3 Å². The third-order valence-electron chi connectivity index (χ3n) is 3.70. The molecule has 4 aromatic rings. The molecule has 0 N–H and O–H groups in total. The summed E-state index contributed by atoms with van der Waals surface area (Å²) in [5.41, 5.74) is 2.19. The quantitative estimate of drug-likeness (QED) is 0.406. The normalized spacial score (nSPS) is 10.8. The molecule has 0 aliphatic rings. The van der Waals surface area contributed by atoms with Crippen LogP contribution in [0.3, 0.4) is 0 Å². The third-order valence-corrected chi connectivity index (χ3v) is 3.70. The molecule has 4 rings (SSSR count). The topological polar surface area (TPSA) is 105 Å². The number of nitro benzene ring substituents is 1. The number of hydrogen-bond donors (Lipinski definition) is 0. The smallest absolute Gasteiger partial charge is 0.258 e. The maximum absolute atomic E-state index is 10.9. The van der Waals surface area contributed by atoms with Crippen molar-refractivity contribution >= 4 is 5.69 Å². The van der Waals surface area contributed by atoms with Crippen LogP contribution in [0.5, 0.6) is 0 Å². The highest BCUT2D eigenvalue weighted by Crippen LogP contribution is 2.20. The zero-order valence-corrected chi connectivity index (χ0v) is 13.5. The number of hydrogen-bond acceptors (Lipinski definition) is 6. The molecule has 0 bridgehead atoms. The van der Waals surface area contributed by atoms with E-state index in [1.54, 1.807) is 34.1 Å². The number of aromatic nitrogens is 6. The zero-order chi connectivity index (χ0) is 17.9. The second kappa shape index (κ2) is 6.55. The number of rotatable bonds is 5. The molecule has 9 nitrogen and oxygen atoms in total. The average molecular weight is 347 g/mol. The fourth-order valence-electron chi connectivity index (χ4n) is 2.48. The fraction of sp³-hybridized carbons (Fsp3) is 0.0588. The van der Waals surface area contributed by atoms with Gasteiger partial charge in [-0.2, -0.15) is 20.1 Å². The van der Waals surface area contributed by atoms with Crippen molar-refractivity contribution in [1.29, 1.82) is 0 Å². The molecule has 2 heterocycles. The molecule has 0 radical (unpaired) electrons. The number of non-ortho nitro benzene ring substituents is 1. The highest BCUT2D eigenvalue weighted by Gasteiger charge is 2.11. The predicted molar refractivity (Wildman–Crippen MR) is 92.6 cm³/mol. The van der Waals surface area contributed by atoms with Gasteiger partial charge in [0.2, 0.25) is 0 Å². The Kier molecular flexibility index (Phi) is 3.94. The van der Waals surface area contributed by atoms with Gasteiger partial charge in [-0.15, -0.1) is 0 Å².